The first-order valence-corrected chi connectivity index (χ1v) is 9.57. The number of hydrogen-bond acceptors (Lipinski definition) is 6. The summed E-state index contributed by atoms with van der Waals surface area (Å²) in [5.41, 5.74) is 1.71. The summed E-state index contributed by atoms with van der Waals surface area (Å²) in [4.78, 5) is 22.3. The van der Waals surface area contributed by atoms with E-state index in [-0.39, 0.29) is 24.3 Å². The van der Waals surface area contributed by atoms with Gasteiger partial charge in [-0.05, 0) is 51.0 Å². The molecule has 0 saturated carbocycles. The number of benzene rings is 1. The van der Waals surface area contributed by atoms with Gasteiger partial charge < -0.3 is 14.4 Å². The normalized spacial score (nSPS) is 14.0. The molecule has 0 atom stereocenters. The zero-order valence-corrected chi connectivity index (χ0v) is 17.2. The molecule has 1 aromatic carbocycles. The summed E-state index contributed by atoms with van der Waals surface area (Å²) in [6, 6.07) is 7.99. The third kappa shape index (κ3) is 5.54. The SMILES string of the molecule is CC(C)(C)OC(=O)N1CC=C(c2ccnc(OCc3ccc(C#N)cc3F)n2)CC1. The Kier molecular flexibility index (Phi) is 6.31. The Bertz CT molecular complexity index is 1010. The topological polar surface area (TPSA) is 88.3 Å². The lowest BCUT2D eigenvalue weighted by atomic mass is 10.1. The number of halogens is 1. The van der Waals surface area contributed by atoms with Crippen LogP contribution in [0, 0.1) is 17.1 Å². The summed E-state index contributed by atoms with van der Waals surface area (Å²) in [5.74, 6) is -0.512. The summed E-state index contributed by atoms with van der Waals surface area (Å²) >= 11 is 0. The van der Waals surface area contributed by atoms with E-state index in [9.17, 15) is 9.18 Å². The standard InChI is InChI=1S/C22H23FN4O3/c1-22(2,3)30-21(28)27-10-7-16(8-11-27)19-6-9-25-20(26-19)29-14-17-5-4-15(13-24)12-18(17)23/h4-7,9,12H,8,10-11,14H2,1-3H3. The molecule has 1 aliphatic heterocycles. The Morgan fingerprint density at radius 1 is 1.33 bits per heavy atom. The lowest BCUT2D eigenvalue weighted by Crippen LogP contribution is -2.39. The minimum absolute atomic E-state index is 0.0491. The maximum Gasteiger partial charge on any atom is 0.410 e. The van der Waals surface area contributed by atoms with E-state index >= 15 is 0 Å². The summed E-state index contributed by atoms with van der Waals surface area (Å²) in [7, 11) is 0. The Morgan fingerprint density at radius 2 is 2.13 bits per heavy atom. The molecule has 1 aliphatic rings. The molecule has 0 N–H and O–H groups in total. The van der Waals surface area contributed by atoms with Crippen molar-refractivity contribution in [3.8, 4) is 12.1 Å². The number of nitriles is 1. The van der Waals surface area contributed by atoms with Gasteiger partial charge >= 0.3 is 12.1 Å². The predicted molar refractivity (Wildman–Crippen MR) is 108 cm³/mol. The minimum atomic E-state index is -0.533. The van der Waals surface area contributed by atoms with E-state index in [1.165, 1.54) is 18.2 Å². The van der Waals surface area contributed by atoms with E-state index in [4.69, 9.17) is 14.7 Å². The molecule has 8 heteroatoms. The number of rotatable bonds is 4. The van der Waals surface area contributed by atoms with Gasteiger partial charge in [0, 0.05) is 24.8 Å². The van der Waals surface area contributed by atoms with Crippen molar-refractivity contribution in [2.45, 2.75) is 39.4 Å². The van der Waals surface area contributed by atoms with Gasteiger partial charge in [-0.3, -0.25) is 0 Å². The van der Waals surface area contributed by atoms with Gasteiger partial charge in [-0.2, -0.15) is 10.2 Å². The number of amides is 1. The third-order valence-corrected chi connectivity index (χ3v) is 4.36. The molecular formula is C22H23FN4O3. The van der Waals surface area contributed by atoms with Crippen LogP contribution < -0.4 is 4.74 Å². The van der Waals surface area contributed by atoms with Gasteiger partial charge in [-0.15, -0.1) is 0 Å². The minimum Gasteiger partial charge on any atom is -0.458 e. The van der Waals surface area contributed by atoms with Crippen LogP contribution in [0.3, 0.4) is 0 Å². The third-order valence-electron chi connectivity index (χ3n) is 4.36. The molecule has 7 nitrogen and oxygen atoms in total. The van der Waals surface area contributed by atoms with E-state index in [0.717, 1.165) is 5.57 Å². The largest absolute Gasteiger partial charge is 0.458 e. The molecule has 1 aromatic heterocycles. The molecule has 0 radical (unpaired) electrons. The fourth-order valence-corrected chi connectivity index (χ4v) is 2.86. The summed E-state index contributed by atoms with van der Waals surface area (Å²) in [6.45, 7) is 6.41. The molecular weight excluding hydrogens is 387 g/mol. The van der Waals surface area contributed by atoms with Crippen molar-refractivity contribution in [2.24, 2.45) is 0 Å². The van der Waals surface area contributed by atoms with Crippen LogP contribution in [0.1, 0.15) is 44.0 Å². The van der Waals surface area contributed by atoms with Crippen LogP contribution in [0.2, 0.25) is 0 Å². The maximum atomic E-state index is 14.0. The fourth-order valence-electron chi connectivity index (χ4n) is 2.86. The Labute approximate surface area is 174 Å². The second kappa shape index (κ2) is 8.91. The molecule has 30 heavy (non-hydrogen) atoms. The zero-order chi connectivity index (χ0) is 21.7. The van der Waals surface area contributed by atoms with Crippen LogP contribution in [0.25, 0.3) is 5.57 Å². The first-order valence-electron chi connectivity index (χ1n) is 9.57. The smallest absolute Gasteiger partial charge is 0.410 e. The van der Waals surface area contributed by atoms with Crippen molar-refractivity contribution in [1.82, 2.24) is 14.9 Å². The number of carbonyl (C=O) groups is 1. The van der Waals surface area contributed by atoms with Crippen LogP contribution >= 0.6 is 0 Å². The van der Waals surface area contributed by atoms with Crippen molar-refractivity contribution in [2.75, 3.05) is 13.1 Å². The Hall–Kier alpha value is -3.47. The highest BCUT2D eigenvalue weighted by Gasteiger charge is 2.24. The summed E-state index contributed by atoms with van der Waals surface area (Å²) < 4.78 is 24.9. The molecule has 0 bridgehead atoms. The number of carbonyl (C=O) groups excluding carboxylic acids is 1. The van der Waals surface area contributed by atoms with Gasteiger partial charge in [0.25, 0.3) is 0 Å². The highest BCUT2D eigenvalue weighted by atomic mass is 19.1. The van der Waals surface area contributed by atoms with E-state index in [1.54, 1.807) is 17.2 Å². The molecule has 1 amide bonds. The van der Waals surface area contributed by atoms with Crippen LogP contribution in [-0.2, 0) is 11.3 Å². The van der Waals surface area contributed by atoms with Crippen molar-refractivity contribution >= 4 is 11.7 Å². The van der Waals surface area contributed by atoms with Gasteiger partial charge in [0.05, 0.1) is 17.3 Å². The van der Waals surface area contributed by atoms with E-state index in [0.29, 0.717) is 30.8 Å². The average molecular weight is 410 g/mol. The molecule has 156 valence electrons. The van der Waals surface area contributed by atoms with E-state index in [1.807, 2.05) is 32.9 Å². The second-order valence-corrected chi connectivity index (χ2v) is 7.84. The van der Waals surface area contributed by atoms with Crippen LogP contribution in [0.4, 0.5) is 9.18 Å². The summed E-state index contributed by atoms with van der Waals surface area (Å²) in [6.07, 6.45) is 3.79. The van der Waals surface area contributed by atoms with Crippen LogP contribution in [0.15, 0.2) is 36.5 Å². The van der Waals surface area contributed by atoms with Crippen molar-refractivity contribution in [3.63, 3.8) is 0 Å². The fraction of sp³-hybridized carbons (Fsp3) is 0.364. The highest BCUT2D eigenvalue weighted by Crippen LogP contribution is 2.23. The van der Waals surface area contributed by atoms with E-state index in [2.05, 4.69) is 9.97 Å². The first-order chi connectivity index (χ1) is 14.2. The second-order valence-electron chi connectivity index (χ2n) is 7.84. The first kappa shape index (κ1) is 21.2. The predicted octanol–water partition coefficient (Wildman–Crippen LogP) is 4.09. The highest BCUT2D eigenvalue weighted by molar-refractivity contribution is 5.71. The zero-order valence-electron chi connectivity index (χ0n) is 17.2. The van der Waals surface area contributed by atoms with Gasteiger partial charge in [-0.1, -0.05) is 12.1 Å². The molecule has 0 spiro atoms. The number of hydrogen-bond donors (Lipinski definition) is 0. The summed E-state index contributed by atoms with van der Waals surface area (Å²) in [5, 5.41) is 8.81. The maximum absolute atomic E-state index is 14.0. The molecule has 0 saturated heterocycles. The number of ether oxygens (including phenoxy) is 2. The molecule has 0 fully saturated rings. The molecule has 0 unspecified atom stereocenters. The quantitative estimate of drug-likeness (QED) is 0.754. The lowest BCUT2D eigenvalue weighted by Gasteiger charge is -2.29. The number of aromatic nitrogens is 2. The molecule has 2 aromatic rings. The average Bonchev–Trinajstić information content (AvgIpc) is 2.72. The Morgan fingerprint density at radius 3 is 2.77 bits per heavy atom. The van der Waals surface area contributed by atoms with Gasteiger partial charge in [0.2, 0.25) is 0 Å². The number of nitrogens with zero attached hydrogens (tertiary/aromatic N) is 4. The van der Waals surface area contributed by atoms with Crippen molar-refractivity contribution in [3.05, 3.63) is 59.2 Å². The van der Waals surface area contributed by atoms with Crippen LogP contribution in [-0.4, -0.2) is 39.7 Å². The Balaban J connectivity index is 1.63. The van der Waals surface area contributed by atoms with Crippen molar-refractivity contribution in [1.29, 1.82) is 5.26 Å². The lowest BCUT2D eigenvalue weighted by molar-refractivity contribution is 0.0270. The molecule has 3 rings (SSSR count). The molecule has 0 aliphatic carbocycles. The monoisotopic (exact) mass is 410 g/mol. The van der Waals surface area contributed by atoms with E-state index < -0.39 is 11.4 Å². The van der Waals surface area contributed by atoms with Crippen LogP contribution in [0.5, 0.6) is 6.01 Å². The van der Waals surface area contributed by atoms with Gasteiger partial charge in [-0.25, -0.2) is 14.2 Å². The van der Waals surface area contributed by atoms with Crippen molar-refractivity contribution < 1.29 is 18.7 Å². The van der Waals surface area contributed by atoms with Gasteiger partial charge in [0.1, 0.15) is 18.0 Å². The molecule has 2 heterocycles. The van der Waals surface area contributed by atoms with Gasteiger partial charge in [0.15, 0.2) is 0 Å².